The third kappa shape index (κ3) is 3.92. The van der Waals surface area contributed by atoms with Gasteiger partial charge in [-0.05, 0) is 17.1 Å². The number of likely N-dealkylation sites (N-methyl/N-ethyl adjacent to an activating group) is 1. The van der Waals surface area contributed by atoms with Crippen LogP contribution in [-0.4, -0.2) is 47.4 Å². The van der Waals surface area contributed by atoms with Crippen molar-refractivity contribution in [2.75, 3.05) is 14.2 Å². The first-order valence-corrected chi connectivity index (χ1v) is 8.69. The molecular formula is C20H24N2O5. The zero-order valence-corrected chi connectivity index (χ0v) is 15.9. The Morgan fingerprint density at radius 3 is 2.33 bits per heavy atom. The Balaban J connectivity index is 2.34. The van der Waals surface area contributed by atoms with Gasteiger partial charge in [0.25, 0.3) is 0 Å². The van der Waals surface area contributed by atoms with Crippen LogP contribution in [0.4, 0.5) is 0 Å². The van der Waals surface area contributed by atoms with Gasteiger partial charge in [0.2, 0.25) is 0 Å². The largest absolute Gasteiger partial charge is 0.467 e. The summed E-state index contributed by atoms with van der Waals surface area (Å²) in [7, 11) is 2.63. The fourth-order valence-electron chi connectivity index (χ4n) is 3.28. The van der Waals surface area contributed by atoms with E-state index in [-0.39, 0.29) is 12.3 Å². The number of nitrogens with zero attached hydrogens (tertiary/aromatic N) is 2. The minimum absolute atomic E-state index is 0.0874. The lowest BCUT2D eigenvalue weighted by Gasteiger charge is -2.33. The molecule has 0 spiro atoms. The van der Waals surface area contributed by atoms with Gasteiger partial charge in [-0.25, -0.2) is 4.79 Å². The van der Waals surface area contributed by atoms with Crippen LogP contribution in [-0.2, 0) is 14.3 Å². The smallest absolute Gasteiger partial charge is 0.328 e. The third-order valence-electron chi connectivity index (χ3n) is 4.79. The summed E-state index contributed by atoms with van der Waals surface area (Å²) in [6.07, 6.45) is 4.51. The van der Waals surface area contributed by atoms with Gasteiger partial charge in [0.1, 0.15) is 6.04 Å². The quantitative estimate of drug-likeness (QED) is 0.435. The summed E-state index contributed by atoms with van der Waals surface area (Å²) in [5.74, 6) is -1.59. The number of rotatable bonds is 6. The Morgan fingerprint density at radius 2 is 1.89 bits per heavy atom. The molecule has 1 aliphatic rings. The van der Waals surface area contributed by atoms with Gasteiger partial charge in [-0.1, -0.05) is 56.3 Å². The lowest BCUT2D eigenvalue weighted by atomic mass is 9.85. The number of methoxy groups -OCH3 is 1. The molecule has 2 rings (SSSR count). The average molecular weight is 372 g/mol. The Hall–Kier alpha value is -2.96. The van der Waals surface area contributed by atoms with E-state index < -0.39 is 28.4 Å². The number of ether oxygens (including phenoxy) is 1. The lowest BCUT2D eigenvalue weighted by Crippen LogP contribution is -2.57. The van der Waals surface area contributed by atoms with E-state index in [1.807, 2.05) is 30.3 Å². The molecule has 1 aromatic rings. The number of amides is 1. The van der Waals surface area contributed by atoms with Crippen molar-refractivity contribution in [3.63, 3.8) is 0 Å². The number of carbonyl (C=O) groups is 2. The highest BCUT2D eigenvalue weighted by atomic mass is 16.6. The molecule has 0 heterocycles. The minimum atomic E-state index is -1.94. The summed E-state index contributed by atoms with van der Waals surface area (Å²) < 4.78 is 4.77. The Labute approximate surface area is 158 Å². The maximum absolute atomic E-state index is 13.1. The van der Waals surface area contributed by atoms with Crippen molar-refractivity contribution in [3.05, 3.63) is 64.2 Å². The van der Waals surface area contributed by atoms with Crippen LogP contribution in [0, 0.1) is 16.0 Å². The lowest BCUT2D eigenvalue weighted by molar-refractivity contribution is -0.539. The van der Waals surface area contributed by atoms with Crippen LogP contribution in [0.1, 0.15) is 25.8 Å². The first kappa shape index (κ1) is 20.4. The van der Waals surface area contributed by atoms with Crippen LogP contribution in [0.3, 0.4) is 0 Å². The van der Waals surface area contributed by atoms with E-state index in [2.05, 4.69) is 0 Å². The van der Waals surface area contributed by atoms with Crippen LogP contribution >= 0.6 is 0 Å². The second-order valence-corrected chi connectivity index (χ2v) is 6.87. The molecule has 1 aromatic carbocycles. The number of allylic oxidation sites excluding steroid dienone is 2. The average Bonchev–Trinajstić information content (AvgIpc) is 2.67. The molecule has 27 heavy (non-hydrogen) atoms. The van der Waals surface area contributed by atoms with Crippen LogP contribution in [0.25, 0.3) is 5.57 Å². The van der Waals surface area contributed by atoms with Gasteiger partial charge >= 0.3 is 17.4 Å². The van der Waals surface area contributed by atoms with E-state index in [1.165, 1.54) is 20.2 Å². The maximum Gasteiger partial charge on any atom is 0.328 e. The molecule has 2 atom stereocenters. The number of hydrogen-bond donors (Lipinski definition) is 0. The zero-order chi connectivity index (χ0) is 20.2. The van der Waals surface area contributed by atoms with E-state index in [0.717, 1.165) is 16.0 Å². The molecule has 144 valence electrons. The SMILES string of the molecule is COC(=O)C(C(C)C)N(C)C(=O)C1([N+](=O)[O-])C=CC(c2ccccc2)=CC1. The minimum Gasteiger partial charge on any atom is -0.467 e. The van der Waals surface area contributed by atoms with Crippen molar-refractivity contribution in [1.82, 2.24) is 4.90 Å². The molecule has 0 saturated carbocycles. The summed E-state index contributed by atoms with van der Waals surface area (Å²) >= 11 is 0. The maximum atomic E-state index is 13.1. The van der Waals surface area contributed by atoms with Gasteiger partial charge in [0.05, 0.1) is 13.5 Å². The molecule has 0 saturated heterocycles. The van der Waals surface area contributed by atoms with Crippen LogP contribution in [0.2, 0.25) is 0 Å². The van der Waals surface area contributed by atoms with Crippen molar-refractivity contribution in [2.24, 2.45) is 5.92 Å². The molecule has 0 radical (unpaired) electrons. The normalized spacial score (nSPS) is 20.0. The fourth-order valence-corrected chi connectivity index (χ4v) is 3.28. The molecule has 1 aliphatic carbocycles. The second-order valence-electron chi connectivity index (χ2n) is 6.87. The highest BCUT2D eigenvalue weighted by molar-refractivity contribution is 5.93. The number of benzene rings is 1. The van der Waals surface area contributed by atoms with Crippen molar-refractivity contribution in [1.29, 1.82) is 0 Å². The van der Waals surface area contributed by atoms with Gasteiger partial charge in [-0.3, -0.25) is 14.9 Å². The summed E-state index contributed by atoms with van der Waals surface area (Å²) in [4.78, 5) is 37.5. The predicted molar refractivity (Wildman–Crippen MR) is 101 cm³/mol. The van der Waals surface area contributed by atoms with E-state index in [9.17, 15) is 19.7 Å². The molecule has 2 unspecified atom stereocenters. The number of esters is 1. The van der Waals surface area contributed by atoms with E-state index in [1.54, 1.807) is 26.0 Å². The van der Waals surface area contributed by atoms with Crippen molar-refractivity contribution in [2.45, 2.75) is 31.8 Å². The first-order valence-electron chi connectivity index (χ1n) is 8.69. The molecule has 0 N–H and O–H groups in total. The molecule has 7 nitrogen and oxygen atoms in total. The number of hydrogen-bond acceptors (Lipinski definition) is 5. The summed E-state index contributed by atoms with van der Waals surface area (Å²) in [5.41, 5.74) is -0.202. The fraction of sp³-hybridized carbons (Fsp3) is 0.400. The number of carbonyl (C=O) groups excluding carboxylic acids is 2. The van der Waals surface area contributed by atoms with Gasteiger partial charge in [0, 0.05) is 18.0 Å². The monoisotopic (exact) mass is 372 g/mol. The summed E-state index contributed by atoms with van der Waals surface area (Å²) in [6.45, 7) is 3.52. The van der Waals surface area contributed by atoms with E-state index >= 15 is 0 Å². The highest BCUT2D eigenvalue weighted by Gasteiger charge is 2.52. The van der Waals surface area contributed by atoms with Gasteiger partial charge in [-0.2, -0.15) is 0 Å². The second kappa shape index (κ2) is 8.16. The van der Waals surface area contributed by atoms with Crippen LogP contribution < -0.4 is 0 Å². The Bertz CT molecular complexity index is 785. The first-order chi connectivity index (χ1) is 12.7. The topological polar surface area (TPSA) is 89.8 Å². The Kier molecular flexibility index (Phi) is 6.15. The standard InChI is InChI=1S/C20H24N2O5/c1-14(2)17(18(23)27-4)21(3)19(24)20(22(25)26)12-10-16(11-13-20)15-8-6-5-7-9-15/h5-12,14,17H,13H2,1-4H3. The molecule has 7 heteroatoms. The third-order valence-corrected chi connectivity index (χ3v) is 4.79. The van der Waals surface area contributed by atoms with E-state index in [0.29, 0.717) is 0 Å². The van der Waals surface area contributed by atoms with E-state index in [4.69, 9.17) is 4.74 Å². The predicted octanol–water partition coefficient (Wildman–Crippen LogP) is 2.70. The molecular weight excluding hydrogens is 348 g/mol. The summed E-state index contributed by atoms with van der Waals surface area (Å²) in [5, 5.41) is 11.9. The van der Waals surface area contributed by atoms with Crippen molar-refractivity contribution >= 4 is 17.4 Å². The van der Waals surface area contributed by atoms with Gasteiger partial charge < -0.3 is 9.64 Å². The zero-order valence-electron chi connectivity index (χ0n) is 15.9. The van der Waals surface area contributed by atoms with Crippen molar-refractivity contribution < 1.29 is 19.2 Å². The molecule has 0 bridgehead atoms. The number of nitro groups is 1. The molecule has 0 fully saturated rings. The van der Waals surface area contributed by atoms with Crippen LogP contribution in [0.15, 0.2) is 48.6 Å². The van der Waals surface area contributed by atoms with Gasteiger partial charge in [0.15, 0.2) is 0 Å². The molecule has 0 aromatic heterocycles. The Morgan fingerprint density at radius 1 is 1.26 bits per heavy atom. The van der Waals surface area contributed by atoms with Gasteiger partial charge in [-0.15, -0.1) is 0 Å². The molecule has 0 aliphatic heterocycles. The van der Waals surface area contributed by atoms with Crippen LogP contribution in [0.5, 0.6) is 0 Å². The summed E-state index contributed by atoms with van der Waals surface area (Å²) in [6, 6.07) is 8.54. The molecule has 1 amide bonds. The van der Waals surface area contributed by atoms with Crippen molar-refractivity contribution in [3.8, 4) is 0 Å². The highest BCUT2D eigenvalue weighted by Crippen LogP contribution is 2.31.